The number of rotatable bonds is 1. The average molecular weight is 258 g/mol. The van der Waals surface area contributed by atoms with Crippen LogP contribution in [0.4, 0.5) is 5.00 Å². The van der Waals surface area contributed by atoms with Crippen LogP contribution in [0.15, 0.2) is 6.07 Å². The zero-order chi connectivity index (χ0) is 12.3. The molecule has 1 aromatic heterocycles. The summed E-state index contributed by atoms with van der Waals surface area (Å²) >= 11 is 1.67. The maximum absolute atomic E-state index is 9.06. The quantitative estimate of drug-likeness (QED) is 0.834. The first-order valence-corrected chi connectivity index (χ1v) is 7.85. The molecule has 4 aliphatic carbocycles. The molecule has 5 rings (SSSR count). The predicted molar refractivity (Wildman–Crippen MR) is 73.2 cm³/mol. The monoisotopic (exact) mass is 258 g/mol. The third kappa shape index (κ3) is 1.45. The van der Waals surface area contributed by atoms with Crippen molar-refractivity contribution in [3.05, 3.63) is 16.5 Å². The van der Waals surface area contributed by atoms with E-state index in [0.717, 1.165) is 28.7 Å². The summed E-state index contributed by atoms with van der Waals surface area (Å²) < 4.78 is 0. The lowest BCUT2D eigenvalue weighted by Gasteiger charge is -2.54. The number of nitrogen functional groups attached to an aromatic ring is 1. The zero-order valence-electron chi connectivity index (χ0n) is 10.4. The first kappa shape index (κ1) is 10.9. The Balaban J connectivity index is 1.70. The molecule has 0 amide bonds. The van der Waals surface area contributed by atoms with Crippen LogP contribution < -0.4 is 5.73 Å². The van der Waals surface area contributed by atoms with Gasteiger partial charge in [0.2, 0.25) is 0 Å². The van der Waals surface area contributed by atoms with Crippen LogP contribution in [0.1, 0.15) is 48.5 Å². The number of nitriles is 1. The Morgan fingerprint density at radius 2 is 1.72 bits per heavy atom. The van der Waals surface area contributed by atoms with Crippen molar-refractivity contribution in [2.45, 2.75) is 38.0 Å². The standard InChI is InChI=1S/C15H18N2S/c16-7-12-6-13(18-15(12)17)14-10-2-8-1-9(4-10)5-11(14)3-8/h6,8-11,14H,1-5,17H2. The van der Waals surface area contributed by atoms with E-state index in [1.165, 1.54) is 37.0 Å². The highest BCUT2D eigenvalue weighted by Crippen LogP contribution is 2.60. The molecule has 0 radical (unpaired) electrons. The second kappa shape index (κ2) is 3.74. The van der Waals surface area contributed by atoms with Crippen LogP contribution in [0.25, 0.3) is 0 Å². The minimum absolute atomic E-state index is 0.698. The maximum Gasteiger partial charge on any atom is 0.104 e. The van der Waals surface area contributed by atoms with Crippen LogP contribution in [0.2, 0.25) is 0 Å². The van der Waals surface area contributed by atoms with Gasteiger partial charge in [0.05, 0.1) is 5.56 Å². The van der Waals surface area contributed by atoms with Gasteiger partial charge in [-0.05, 0) is 67.8 Å². The fraction of sp³-hybridized carbons (Fsp3) is 0.667. The van der Waals surface area contributed by atoms with Crippen LogP contribution in [0.3, 0.4) is 0 Å². The van der Waals surface area contributed by atoms with Crippen molar-refractivity contribution >= 4 is 16.3 Å². The molecule has 18 heavy (non-hydrogen) atoms. The van der Waals surface area contributed by atoms with Gasteiger partial charge in [0.25, 0.3) is 0 Å². The van der Waals surface area contributed by atoms with E-state index in [4.69, 9.17) is 11.0 Å². The molecule has 0 aromatic carbocycles. The highest BCUT2D eigenvalue weighted by Gasteiger charge is 2.49. The number of nitrogens with two attached hydrogens (primary N) is 1. The van der Waals surface area contributed by atoms with Gasteiger partial charge >= 0.3 is 0 Å². The lowest BCUT2D eigenvalue weighted by molar-refractivity contribution is -0.00160. The number of nitrogens with zero attached hydrogens (tertiary/aromatic N) is 1. The van der Waals surface area contributed by atoms with Crippen LogP contribution in [0.5, 0.6) is 0 Å². The third-order valence-electron chi connectivity index (χ3n) is 5.46. The van der Waals surface area contributed by atoms with Crippen molar-refractivity contribution in [3.63, 3.8) is 0 Å². The molecule has 1 aromatic rings. The van der Waals surface area contributed by atoms with Crippen LogP contribution in [-0.4, -0.2) is 0 Å². The SMILES string of the molecule is N#Cc1cc(C2C3CC4CC(C3)CC2C4)sc1N. The summed E-state index contributed by atoms with van der Waals surface area (Å²) in [7, 11) is 0. The Kier molecular flexibility index (Phi) is 2.26. The van der Waals surface area contributed by atoms with Crippen molar-refractivity contribution in [2.24, 2.45) is 23.7 Å². The van der Waals surface area contributed by atoms with E-state index in [1.54, 1.807) is 11.3 Å². The van der Waals surface area contributed by atoms with Gasteiger partial charge in [-0.1, -0.05) is 0 Å². The van der Waals surface area contributed by atoms with Gasteiger partial charge in [-0.3, -0.25) is 0 Å². The van der Waals surface area contributed by atoms with Gasteiger partial charge in [-0.15, -0.1) is 11.3 Å². The molecule has 3 heteroatoms. The third-order valence-corrected chi connectivity index (χ3v) is 6.52. The van der Waals surface area contributed by atoms with E-state index in [0.29, 0.717) is 11.5 Å². The first-order valence-electron chi connectivity index (χ1n) is 7.04. The molecule has 94 valence electrons. The molecular weight excluding hydrogens is 240 g/mol. The molecule has 0 saturated heterocycles. The van der Waals surface area contributed by atoms with Crippen LogP contribution in [0, 0.1) is 35.0 Å². The topological polar surface area (TPSA) is 49.8 Å². The molecule has 4 fully saturated rings. The smallest absolute Gasteiger partial charge is 0.104 e. The summed E-state index contributed by atoms with van der Waals surface area (Å²) in [6, 6.07) is 4.30. The molecule has 0 atom stereocenters. The lowest BCUT2D eigenvalue weighted by atomic mass is 9.51. The fourth-order valence-electron chi connectivity index (χ4n) is 5.07. The largest absolute Gasteiger partial charge is 0.389 e. The Labute approximate surface area is 112 Å². The van der Waals surface area contributed by atoms with Gasteiger partial charge in [0.15, 0.2) is 0 Å². The second-order valence-electron chi connectivity index (χ2n) is 6.50. The Morgan fingerprint density at radius 1 is 1.11 bits per heavy atom. The van der Waals surface area contributed by atoms with Crippen LogP contribution >= 0.6 is 11.3 Å². The number of anilines is 1. The van der Waals surface area contributed by atoms with Crippen molar-refractivity contribution < 1.29 is 0 Å². The fourth-order valence-corrected chi connectivity index (χ4v) is 6.23. The molecule has 4 saturated carbocycles. The average Bonchev–Trinajstić information content (AvgIpc) is 2.69. The molecule has 0 unspecified atom stereocenters. The molecule has 0 spiro atoms. The highest BCUT2D eigenvalue weighted by molar-refractivity contribution is 7.16. The molecule has 2 N–H and O–H groups in total. The van der Waals surface area contributed by atoms with E-state index in [1.807, 2.05) is 0 Å². The summed E-state index contributed by atoms with van der Waals surface area (Å²) in [6.45, 7) is 0. The van der Waals surface area contributed by atoms with Gasteiger partial charge in [0, 0.05) is 4.88 Å². The summed E-state index contributed by atoms with van der Waals surface area (Å²) in [5.74, 6) is 4.50. The van der Waals surface area contributed by atoms with E-state index in [2.05, 4.69) is 12.1 Å². The lowest BCUT2D eigenvalue weighted by Crippen LogP contribution is -2.43. The van der Waals surface area contributed by atoms with Gasteiger partial charge in [-0.2, -0.15) is 5.26 Å². The van der Waals surface area contributed by atoms with Gasteiger partial charge in [0.1, 0.15) is 11.1 Å². The number of hydrogen-bond donors (Lipinski definition) is 1. The molecule has 1 heterocycles. The Hall–Kier alpha value is -1.01. The Morgan fingerprint density at radius 3 is 2.22 bits per heavy atom. The highest BCUT2D eigenvalue weighted by atomic mass is 32.1. The minimum atomic E-state index is 0.698. The molecular formula is C15H18N2S. The Bertz CT molecular complexity index is 497. The van der Waals surface area contributed by atoms with Gasteiger partial charge in [-0.25, -0.2) is 0 Å². The van der Waals surface area contributed by atoms with Crippen molar-refractivity contribution in [1.82, 2.24) is 0 Å². The zero-order valence-corrected chi connectivity index (χ0v) is 11.2. The summed E-state index contributed by atoms with van der Waals surface area (Å²) in [5, 5.41) is 9.78. The van der Waals surface area contributed by atoms with Crippen molar-refractivity contribution in [2.75, 3.05) is 5.73 Å². The van der Waals surface area contributed by atoms with E-state index >= 15 is 0 Å². The maximum atomic E-state index is 9.06. The van der Waals surface area contributed by atoms with Crippen LogP contribution in [-0.2, 0) is 0 Å². The van der Waals surface area contributed by atoms with E-state index < -0.39 is 0 Å². The number of thiophene rings is 1. The normalized spacial score (nSPS) is 40.9. The first-order chi connectivity index (χ1) is 8.74. The minimum Gasteiger partial charge on any atom is -0.389 e. The molecule has 4 aliphatic rings. The second-order valence-corrected chi connectivity index (χ2v) is 7.61. The van der Waals surface area contributed by atoms with Crippen molar-refractivity contribution in [1.29, 1.82) is 5.26 Å². The van der Waals surface area contributed by atoms with Gasteiger partial charge < -0.3 is 5.73 Å². The summed E-state index contributed by atoms with van der Waals surface area (Å²) in [5.41, 5.74) is 6.64. The van der Waals surface area contributed by atoms with Crippen molar-refractivity contribution in [3.8, 4) is 6.07 Å². The number of hydrogen-bond acceptors (Lipinski definition) is 3. The van der Waals surface area contributed by atoms with E-state index in [-0.39, 0.29) is 0 Å². The predicted octanol–water partition coefficient (Wildman–Crippen LogP) is 3.74. The molecule has 2 nitrogen and oxygen atoms in total. The molecule has 0 aliphatic heterocycles. The summed E-state index contributed by atoms with van der Waals surface area (Å²) in [6.07, 6.45) is 7.21. The molecule has 4 bridgehead atoms. The van der Waals surface area contributed by atoms with E-state index in [9.17, 15) is 0 Å². The summed E-state index contributed by atoms with van der Waals surface area (Å²) in [4.78, 5) is 1.40.